The molecule has 1 aliphatic heterocycles. The van der Waals surface area contributed by atoms with Crippen LogP contribution in [0.1, 0.15) is 43.1 Å². The lowest BCUT2D eigenvalue weighted by atomic mass is 9.80. The summed E-state index contributed by atoms with van der Waals surface area (Å²) in [4.78, 5) is 14.6. The number of nitrogen functional groups attached to an aromatic ring is 1. The van der Waals surface area contributed by atoms with Crippen LogP contribution in [-0.4, -0.2) is 23.9 Å². The largest absolute Gasteiger partial charge is 0.338 e. The van der Waals surface area contributed by atoms with E-state index in [1.807, 2.05) is 30.0 Å². The van der Waals surface area contributed by atoms with E-state index in [0.29, 0.717) is 17.2 Å². The molecule has 0 spiro atoms. The van der Waals surface area contributed by atoms with Crippen molar-refractivity contribution in [3.05, 3.63) is 29.3 Å². The van der Waals surface area contributed by atoms with Gasteiger partial charge >= 0.3 is 0 Å². The molecule has 1 amide bonds. The summed E-state index contributed by atoms with van der Waals surface area (Å²) < 4.78 is 0. The zero-order valence-electron chi connectivity index (χ0n) is 12.9. The van der Waals surface area contributed by atoms with Crippen molar-refractivity contribution in [1.29, 1.82) is 0 Å². The minimum Gasteiger partial charge on any atom is -0.338 e. The molecule has 4 heteroatoms. The predicted octanol–water partition coefficient (Wildman–Crippen LogP) is 2.79. The molecule has 0 aromatic heterocycles. The normalized spacial score (nSPS) is 19.2. The van der Waals surface area contributed by atoms with E-state index in [9.17, 15) is 4.79 Å². The molecule has 110 valence electrons. The Morgan fingerprint density at radius 3 is 2.65 bits per heavy atom. The minimum atomic E-state index is 0.0738. The minimum absolute atomic E-state index is 0.0738. The van der Waals surface area contributed by atoms with Crippen LogP contribution in [0.5, 0.6) is 0 Å². The van der Waals surface area contributed by atoms with Crippen LogP contribution in [0.3, 0.4) is 0 Å². The summed E-state index contributed by atoms with van der Waals surface area (Å²) in [5, 5.41) is 0. The number of nitrogens with one attached hydrogen (secondary N) is 1. The smallest absolute Gasteiger partial charge is 0.256 e. The molecule has 1 saturated heterocycles. The lowest BCUT2D eigenvalue weighted by Gasteiger charge is -2.27. The fourth-order valence-corrected chi connectivity index (χ4v) is 2.79. The number of hydrogen-bond acceptors (Lipinski definition) is 3. The van der Waals surface area contributed by atoms with Crippen molar-refractivity contribution in [2.45, 2.75) is 34.1 Å². The van der Waals surface area contributed by atoms with Crippen LogP contribution in [-0.2, 0) is 0 Å². The van der Waals surface area contributed by atoms with Gasteiger partial charge in [-0.15, -0.1) is 0 Å². The van der Waals surface area contributed by atoms with Gasteiger partial charge < -0.3 is 10.3 Å². The average molecular weight is 275 g/mol. The Labute approximate surface area is 121 Å². The number of hydrazine groups is 1. The molecule has 0 radical (unpaired) electrons. The van der Waals surface area contributed by atoms with Crippen LogP contribution >= 0.6 is 0 Å². The highest BCUT2D eigenvalue weighted by Crippen LogP contribution is 2.34. The van der Waals surface area contributed by atoms with Crippen molar-refractivity contribution in [3.63, 3.8) is 0 Å². The van der Waals surface area contributed by atoms with Gasteiger partial charge in [0.15, 0.2) is 0 Å². The van der Waals surface area contributed by atoms with E-state index >= 15 is 0 Å². The molecule has 3 N–H and O–H groups in total. The standard InChI is InChI=1S/C16H25N3O/c1-11-5-6-13(14(9-11)18-17)15(20)19-8-7-12(10-19)16(2,3)4/h5-6,9,12,18H,7-8,10,17H2,1-4H3. The Hall–Kier alpha value is -1.55. The lowest BCUT2D eigenvalue weighted by molar-refractivity contribution is 0.0777. The summed E-state index contributed by atoms with van der Waals surface area (Å²) in [6.45, 7) is 10.4. The molecule has 1 unspecified atom stereocenters. The maximum absolute atomic E-state index is 12.6. The Balaban J connectivity index is 2.17. The van der Waals surface area contributed by atoms with Crippen LogP contribution in [0.25, 0.3) is 0 Å². The van der Waals surface area contributed by atoms with Gasteiger partial charge in [0.25, 0.3) is 5.91 Å². The summed E-state index contributed by atoms with van der Waals surface area (Å²) in [5.74, 6) is 6.17. The van der Waals surface area contributed by atoms with Crippen LogP contribution in [0.4, 0.5) is 5.69 Å². The van der Waals surface area contributed by atoms with Crippen molar-refractivity contribution < 1.29 is 4.79 Å². The Bertz CT molecular complexity index is 505. The predicted molar refractivity (Wildman–Crippen MR) is 82.5 cm³/mol. The third-order valence-electron chi connectivity index (χ3n) is 4.26. The summed E-state index contributed by atoms with van der Waals surface area (Å²) in [7, 11) is 0. The number of anilines is 1. The molecular formula is C16H25N3O. The molecule has 20 heavy (non-hydrogen) atoms. The Morgan fingerprint density at radius 1 is 1.40 bits per heavy atom. The molecule has 1 aromatic rings. The number of nitrogens with two attached hydrogens (primary N) is 1. The first-order valence-corrected chi connectivity index (χ1v) is 7.19. The highest BCUT2D eigenvalue weighted by molar-refractivity contribution is 5.99. The third kappa shape index (κ3) is 2.96. The van der Waals surface area contributed by atoms with E-state index in [0.717, 1.165) is 25.1 Å². The molecule has 1 aromatic carbocycles. The van der Waals surface area contributed by atoms with Crippen molar-refractivity contribution in [1.82, 2.24) is 4.90 Å². The molecular weight excluding hydrogens is 250 g/mol. The summed E-state index contributed by atoms with van der Waals surface area (Å²) in [6, 6.07) is 5.72. The van der Waals surface area contributed by atoms with Gasteiger partial charge in [-0.2, -0.15) is 0 Å². The van der Waals surface area contributed by atoms with E-state index in [-0.39, 0.29) is 11.3 Å². The molecule has 1 atom stereocenters. The lowest BCUT2D eigenvalue weighted by Crippen LogP contribution is -2.32. The van der Waals surface area contributed by atoms with Gasteiger partial charge in [-0.3, -0.25) is 10.6 Å². The third-order valence-corrected chi connectivity index (χ3v) is 4.26. The molecule has 4 nitrogen and oxygen atoms in total. The zero-order valence-corrected chi connectivity index (χ0v) is 12.9. The molecule has 1 aliphatic rings. The van der Waals surface area contributed by atoms with Crippen molar-refractivity contribution in [3.8, 4) is 0 Å². The molecule has 0 aliphatic carbocycles. The molecule has 1 fully saturated rings. The van der Waals surface area contributed by atoms with E-state index in [1.165, 1.54) is 0 Å². The van der Waals surface area contributed by atoms with E-state index < -0.39 is 0 Å². The van der Waals surface area contributed by atoms with Crippen LogP contribution in [0, 0.1) is 18.3 Å². The topological polar surface area (TPSA) is 58.4 Å². The summed E-state index contributed by atoms with van der Waals surface area (Å²) in [5.41, 5.74) is 5.33. The molecule has 1 heterocycles. The van der Waals surface area contributed by atoms with E-state index in [1.54, 1.807) is 0 Å². The number of amides is 1. The van der Waals surface area contributed by atoms with Gasteiger partial charge in [-0.05, 0) is 42.4 Å². The van der Waals surface area contributed by atoms with Gasteiger partial charge in [0.1, 0.15) is 0 Å². The first-order valence-electron chi connectivity index (χ1n) is 7.19. The summed E-state index contributed by atoms with van der Waals surface area (Å²) >= 11 is 0. The number of carbonyl (C=O) groups excluding carboxylic acids is 1. The quantitative estimate of drug-likeness (QED) is 0.644. The highest BCUT2D eigenvalue weighted by atomic mass is 16.2. The number of aryl methyl sites for hydroxylation is 1. The first-order chi connectivity index (χ1) is 9.32. The number of nitrogens with zero attached hydrogens (tertiary/aromatic N) is 1. The second-order valence-electron chi connectivity index (χ2n) is 6.80. The zero-order chi connectivity index (χ0) is 14.9. The molecule has 0 saturated carbocycles. The van der Waals surface area contributed by atoms with Crippen LogP contribution in [0.2, 0.25) is 0 Å². The highest BCUT2D eigenvalue weighted by Gasteiger charge is 2.34. The second-order valence-corrected chi connectivity index (χ2v) is 6.80. The van der Waals surface area contributed by atoms with Crippen LogP contribution < -0.4 is 11.3 Å². The number of benzene rings is 1. The number of carbonyl (C=O) groups is 1. The van der Waals surface area contributed by atoms with Crippen LogP contribution in [0.15, 0.2) is 18.2 Å². The SMILES string of the molecule is Cc1ccc(C(=O)N2CCC(C(C)(C)C)C2)c(NN)c1. The maximum atomic E-state index is 12.6. The van der Waals surface area contributed by atoms with Gasteiger partial charge in [-0.1, -0.05) is 26.8 Å². The molecule has 2 rings (SSSR count). The number of hydrogen-bond donors (Lipinski definition) is 2. The van der Waals surface area contributed by atoms with Crippen molar-refractivity contribution in [2.75, 3.05) is 18.5 Å². The van der Waals surface area contributed by atoms with Gasteiger partial charge in [-0.25, -0.2) is 0 Å². The first kappa shape index (κ1) is 14.9. The number of likely N-dealkylation sites (tertiary alicyclic amines) is 1. The van der Waals surface area contributed by atoms with E-state index in [2.05, 4.69) is 26.2 Å². The second kappa shape index (κ2) is 5.44. The fraction of sp³-hybridized carbons (Fsp3) is 0.562. The Morgan fingerprint density at radius 2 is 2.10 bits per heavy atom. The summed E-state index contributed by atoms with van der Waals surface area (Å²) in [6.07, 6.45) is 1.08. The van der Waals surface area contributed by atoms with Crippen molar-refractivity contribution in [2.24, 2.45) is 17.2 Å². The maximum Gasteiger partial charge on any atom is 0.256 e. The fourth-order valence-electron chi connectivity index (χ4n) is 2.79. The average Bonchev–Trinajstić information content (AvgIpc) is 2.87. The van der Waals surface area contributed by atoms with Gasteiger partial charge in [0.2, 0.25) is 0 Å². The van der Waals surface area contributed by atoms with Gasteiger partial charge in [0.05, 0.1) is 11.3 Å². The monoisotopic (exact) mass is 275 g/mol. The van der Waals surface area contributed by atoms with Gasteiger partial charge in [0, 0.05) is 13.1 Å². The van der Waals surface area contributed by atoms with Crippen molar-refractivity contribution >= 4 is 11.6 Å². The molecule has 0 bridgehead atoms. The Kier molecular flexibility index (Phi) is 4.04. The van der Waals surface area contributed by atoms with E-state index in [4.69, 9.17) is 5.84 Å². The number of rotatable bonds is 2.